The molecule has 2 heterocycles. The van der Waals surface area contributed by atoms with Crippen LogP contribution in [0.25, 0.3) is 11.8 Å². The lowest BCUT2D eigenvalue weighted by Crippen LogP contribution is -2.40. The standard InChI is InChI=1S/C31H25IN2O6S/c1-4-39-30(37)25-26(20-11-7-5-8-12-20)33-31-34(27(25)21-13-9-6-10-14-21)29(36)24(41-31)17-19-15-22(32)28(40-18(2)35)23(16-19)38-3/h5-17,27H,4H2,1-3H3/b24-17-/t27-/m1/s1. The zero-order valence-corrected chi connectivity index (χ0v) is 25.4. The van der Waals surface area contributed by atoms with Gasteiger partial charge in [-0.2, -0.15) is 0 Å². The van der Waals surface area contributed by atoms with Crippen LogP contribution in [0.5, 0.6) is 11.5 Å². The fraction of sp³-hybridized carbons (Fsp3) is 0.161. The smallest absolute Gasteiger partial charge is 0.338 e. The number of hydrogen-bond donors (Lipinski definition) is 0. The number of methoxy groups -OCH3 is 1. The fourth-order valence-corrected chi connectivity index (χ4v) is 6.34. The summed E-state index contributed by atoms with van der Waals surface area (Å²) in [5, 5.41) is 0. The zero-order valence-electron chi connectivity index (χ0n) is 22.4. The second kappa shape index (κ2) is 12.2. The van der Waals surface area contributed by atoms with E-state index in [0.29, 0.717) is 41.2 Å². The van der Waals surface area contributed by atoms with Crippen LogP contribution in [-0.4, -0.2) is 30.2 Å². The van der Waals surface area contributed by atoms with Gasteiger partial charge >= 0.3 is 11.9 Å². The first-order valence-corrected chi connectivity index (χ1v) is 14.6. The molecule has 0 N–H and O–H groups in total. The molecule has 0 unspecified atom stereocenters. The Morgan fingerprint density at radius 3 is 2.39 bits per heavy atom. The fourth-order valence-electron chi connectivity index (χ4n) is 4.61. The molecule has 1 atom stereocenters. The van der Waals surface area contributed by atoms with Crippen molar-refractivity contribution in [1.82, 2.24) is 4.57 Å². The van der Waals surface area contributed by atoms with E-state index in [1.54, 1.807) is 29.7 Å². The Kier molecular flexibility index (Phi) is 8.50. The maximum atomic E-state index is 14.0. The van der Waals surface area contributed by atoms with Crippen LogP contribution in [-0.2, 0) is 14.3 Å². The maximum Gasteiger partial charge on any atom is 0.338 e. The van der Waals surface area contributed by atoms with E-state index in [-0.39, 0.29) is 12.2 Å². The lowest BCUT2D eigenvalue weighted by Gasteiger charge is -2.25. The van der Waals surface area contributed by atoms with E-state index in [9.17, 15) is 14.4 Å². The van der Waals surface area contributed by atoms with Crippen molar-refractivity contribution in [2.45, 2.75) is 19.9 Å². The number of hydrogen-bond acceptors (Lipinski definition) is 8. The van der Waals surface area contributed by atoms with Gasteiger partial charge in [-0.1, -0.05) is 72.0 Å². The summed E-state index contributed by atoms with van der Waals surface area (Å²) in [6.45, 7) is 3.25. The topological polar surface area (TPSA) is 96.2 Å². The molecule has 1 aromatic heterocycles. The van der Waals surface area contributed by atoms with Crippen LogP contribution in [0.1, 0.15) is 36.6 Å². The summed E-state index contributed by atoms with van der Waals surface area (Å²) < 4.78 is 18.9. The van der Waals surface area contributed by atoms with Crippen molar-refractivity contribution in [3.63, 3.8) is 0 Å². The molecule has 0 spiro atoms. The van der Waals surface area contributed by atoms with Gasteiger partial charge in [0.05, 0.1) is 39.1 Å². The molecule has 0 aliphatic carbocycles. The summed E-state index contributed by atoms with van der Waals surface area (Å²) in [6.07, 6.45) is 1.74. The Hall–Kier alpha value is -4.03. The third-order valence-corrected chi connectivity index (χ3v) is 8.07. The van der Waals surface area contributed by atoms with Gasteiger partial charge in [0.15, 0.2) is 16.3 Å². The van der Waals surface area contributed by atoms with E-state index in [0.717, 1.165) is 11.1 Å². The summed E-state index contributed by atoms with van der Waals surface area (Å²) in [5.41, 5.74) is 2.65. The quantitative estimate of drug-likeness (QED) is 0.163. The number of rotatable bonds is 7. The summed E-state index contributed by atoms with van der Waals surface area (Å²) in [5.74, 6) is -0.312. The van der Waals surface area contributed by atoms with Gasteiger partial charge in [-0.05, 0) is 58.9 Å². The molecule has 41 heavy (non-hydrogen) atoms. The molecule has 5 rings (SSSR count). The van der Waals surface area contributed by atoms with Crippen molar-refractivity contribution in [2.24, 2.45) is 4.99 Å². The first-order chi connectivity index (χ1) is 19.8. The van der Waals surface area contributed by atoms with Crippen molar-refractivity contribution in [1.29, 1.82) is 0 Å². The number of ether oxygens (including phenoxy) is 3. The molecule has 1 aliphatic rings. The minimum absolute atomic E-state index is 0.181. The van der Waals surface area contributed by atoms with Gasteiger partial charge in [-0.15, -0.1) is 0 Å². The van der Waals surface area contributed by atoms with E-state index < -0.39 is 18.0 Å². The summed E-state index contributed by atoms with van der Waals surface area (Å²) in [6, 6.07) is 21.6. The molecule has 0 saturated carbocycles. The number of thiazole rings is 1. The molecule has 8 nitrogen and oxygen atoms in total. The van der Waals surface area contributed by atoms with Gasteiger partial charge in [0.1, 0.15) is 0 Å². The van der Waals surface area contributed by atoms with E-state index in [1.165, 1.54) is 25.4 Å². The number of carbonyl (C=O) groups excluding carboxylic acids is 2. The molecular weight excluding hydrogens is 655 g/mol. The van der Waals surface area contributed by atoms with Crippen LogP contribution in [0.2, 0.25) is 0 Å². The van der Waals surface area contributed by atoms with Gasteiger partial charge in [-0.25, -0.2) is 9.79 Å². The predicted molar refractivity (Wildman–Crippen MR) is 165 cm³/mol. The predicted octanol–water partition coefficient (Wildman–Crippen LogP) is 4.47. The lowest BCUT2D eigenvalue weighted by atomic mass is 9.93. The van der Waals surface area contributed by atoms with Crippen LogP contribution in [0.3, 0.4) is 0 Å². The highest BCUT2D eigenvalue weighted by Gasteiger charge is 2.35. The molecule has 0 radical (unpaired) electrons. The first kappa shape index (κ1) is 28.5. The Labute approximate surface area is 253 Å². The van der Waals surface area contributed by atoms with Crippen molar-refractivity contribution < 1.29 is 23.8 Å². The van der Waals surface area contributed by atoms with Crippen LogP contribution >= 0.6 is 33.9 Å². The monoisotopic (exact) mass is 680 g/mol. The third-order valence-electron chi connectivity index (χ3n) is 6.28. The molecule has 1 aliphatic heterocycles. The molecule has 0 fully saturated rings. The first-order valence-electron chi connectivity index (χ1n) is 12.7. The van der Waals surface area contributed by atoms with Crippen molar-refractivity contribution in [3.05, 3.63) is 118 Å². The number of nitrogens with zero attached hydrogens (tertiary/aromatic N) is 2. The second-order valence-corrected chi connectivity index (χ2v) is 11.1. The lowest BCUT2D eigenvalue weighted by molar-refractivity contribution is -0.139. The Bertz CT molecular complexity index is 1850. The summed E-state index contributed by atoms with van der Waals surface area (Å²) >= 11 is 3.29. The highest BCUT2D eigenvalue weighted by molar-refractivity contribution is 14.1. The molecular formula is C31H25IN2O6S. The zero-order chi connectivity index (χ0) is 29.1. The largest absolute Gasteiger partial charge is 0.493 e. The number of carbonyl (C=O) groups is 2. The number of benzene rings is 3. The molecule has 10 heteroatoms. The van der Waals surface area contributed by atoms with E-state index in [2.05, 4.69) is 22.6 Å². The average Bonchev–Trinajstić information content (AvgIpc) is 3.28. The number of fused-ring (bicyclic) bond motifs is 1. The van der Waals surface area contributed by atoms with Gasteiger partial charge in [-0.3, -0.25) is 14.2 Å². The average molecular weight is 681 g/mol. The highest BCUT2D eigenvalue weighted by Crippen LogP contribution is 2.36. The van der Waals surface area contributed by atoms with Gasteiger partial charge < -0.3 is 14.2 Å². The number of aromatic nitrogens is 1. The van der Waals surface area contributed by atoms with Crippen LogP contribution < -0.4 is 24.4 Å². The highest BCUT2D eigenvalue weighted by atomic mass is 127. The third kappa shape index (κ3) is 5.75. The van der Waals surface area contributed by atoms with Gasteiger partial charge in [0, 0.05) is 12.5 Å². The minimum atomic E-state index is -0.745. The van der Waals surface area contributed by atoms with E-state index in [1.807, 2.05) is 60.7 Å². The minimum Gasteiger partial charge on any atom is -0.493 e. The summed E-state index contributed by atoms with van der Waals surface area (Å²) in [7, 11) is 1.48. The summed E-state index contributed by atoms with van der Waals surface area (Å²) in [4.78, 5) is 44.4. The Morgan fingerprint density at radius 2 is 1.76 bits per heavy atom. The normalized spacial score (nSPS) is 14.7. The number of esters is 2. The van der Waals surface area contributed by atoms with Gasteiger partial charge in [0.25, 0.3) is 5.56 Å². The molecule has 3 aromatic carbocycles. The Morgan fingerprint density at radius 1 is 1.07 bits per heavy atom. The maximum absolute atomic E-state index is 14.0. The van der Waals surface area contributed by atoms with Crippen molar-refractivity contribution >= 4 is 57.6 Å². The van der Waals surface area contributed by atoms with Crippen molar-refractivity contribution in [3.8, 4) is 11.5 Å². The van der Waals surface area contributed by atoms with Crippen LogP contribution in [0, 0.1) is 3.57 Å². The number of halogens is 1. The van der Waals surface area contributed by atoms with Crippen molar-refractivity contribution in [2.75, 3.05) is 13.7 Å². The van der Waals surface area contributed by atoms with E-state index in [4.69, 9.17) is 19.2 Å². The van der Waals surface area contributed by atoms with Gasteiger partial charge in [0.2, 0.25) is 0 Å². The molecule has 0 bridgehead atoms. The molecule has 4 aromatic rings. The Balaban J connectivity index is 1.77. The molecule has 208 valence electrons. The van der Waals surface area contributed by atoms with Crippen LogP contribution in [0.15, 0.2) is 88.2 Å². The van der Waals surface area contributed by atoms with Crippen LogP contribution in [0.4, 0.5) is 0 Å². The molecule has 0 saturated heterocycles. The van der Waals surface area contributed by atoms with E-state index >= 15 is 0 Å². The molecule has 0 amide bonds. The second-order valence-electron chi connectivity index (χ2n) is 8.97. The SMILES string of the molecule is CCOC(=O)C1=C(c2ccccc2)N=c2s/c(=C\c3cc(I)c(OC(C)=O)c(OC)c3)c(=O)n2[C@@H]1c1ccccc1.